The maximum Gasteiger partial charge on any atom is 0.337 e. The second-order valence-electron chi connectivity index (χ2n) is 4.32. The first kappa shape index (κ1) is 12.8. The first-order valence-electron chi connectivity index (χ1n) is 5.82. The van der Waals surface area contributed by atoms with Gasteiger partial charge in [-0.2, -0.15) is 0 Å². The van der Waals surface area contributed by atoms with Crippen LogP contribution in [0.1, 0.15) is 48.8 Å². The Kier molecular flexibility index (Phi) is 3.52. The molecule has 2 heterocycles. The van der Waals surface area contributed by atoms with Crippen LogP contribution in [0.5, 0.6) is 0 Å². The van der Waals surface area contributed by atoms with Crippen LogP contribution in [0.3, 0.4) is 0 Å². The molecule has 2 aromatic rings. The van der Waals surface area contributed by atoms with Crippen molar-refractivity contribution in [2.45, 2.75) is 32.6 Å². The second kappa shape index (κ2) is 4.94. The molecule has 0 spiro atoms. The van der Waals surface area contributed by atoms with Gasteiger partial charge in [0, 0.05) is 12.1 Å². The SMILES string of the molecule is CCCC(C)c1nnc2c(Cl)cc(C(=O)O)cn12. The van der Waals surface area contributed by atoms with Crippen molar-refractivity contribution < 1.29 is 9.90 Å². The molecule has 0 radical (unpaired) electrons. The summed E-state index contributed by atoms with van der Waals surface area (Å²) in [5.74, 6) is -0.0523. The van der Waals surface area contributed by atoms with E-state index in [1.807, 2.05) is 6.92 Å². The molecule has 18 heavy (non-hydrogen) atoms. The van der Waals surface area contributed by atoms with Crippen LogP contribution in [0.2, 0.25) is 5.02 Å². The van der Waals surface area contributed by atoms with Gasteiger partial charge in [0.25, 0.3) is 0 Å². The molecule has 0 aliphatic heterocycles. The minimum atomic E-state index is -1.01. The van der Waals surface area contributed by atoms with E-state index in [0.29, 0.717) is 10.7 Å². The van der Waals surface area contributed by atoms with Crippen molar-refractivity contribution in [2.75, 3.05) is 0 Å². The molecule has 1 unspecified atom stereocenters. The first-order chi connectivity index (χ1) is 8.54. The fraction of sp³-hybridized carbons (Fsp3) is 0.417. The van der Waals surface area contributed by atoms with Crippen molar-refractivity contribution in [1.82, 2.24) is 14.6 Å². The minimum absolute atomic E-state index is 0.136. The smallest absolute Gasteiger partial charge is 0.337 e. The topological polar surface area (TPSA) is 67.5 Å². The fourth-order valence-electron chi connectivity index (χ4n) is 1.99. The summed E-state index contributed by atoms with van der Waals surface area (Å²) in [6.45, 7) is 4.14. The summed E-state index contributed by atoms with van der Waals surface area (Å²) in [6, 6.07) is 1.39. The second-order valence-corrected chi connectivity index (χ2v) is 4.73. The Hall–Kier alpha value is -1.62. The average molecular weight is 268 g/mol. The number of hydrogen-bond acceptors (Lipinski definition) is 3. The van der Waals surface area contributed by atoms with E-state index in [9.17, 15) is 4.79 Å². The van der Waals surface area contributed by atoms with Crippen molar-refractivity contribution >= 4 is 23.2 Å². The molecule has 0 aliphatic carbocycles. The Morgan fingerprint density at radius 1 is 1.56 bits per heavy atom. The van der Waals surface area contributed by atoms with Gasteiger partial charge in [-0.1, -0.05) is 31.9 Å². The number of pyridine rings is 1. The van der Waals surface area contributed by atoms with E-state index < -0.39 is 5.97 Å². The van der Waals surface area contributed by atoms with E-state index in [1.165, 1.54) is 12.3 Å². The summed E-state index contributed by atoms with van der Waals surface area (Å²) >= 11 is 6.01. The standard InChI is InChI=1S/C12H14ClN3O2/c1-3-4-7(2)10-14-15-11-9(13)5-8(12(17)18)6-16(10)11/h5-7H,3-4H2,1-2H3,(H,17,18). The van der Waals surface area contributed by atoms with Crippen molar-refractivity contribution in [3.8, 4) is 0 Å². The highest BCUT2D eigenvalue weighted by Crippen LogP contribution is 2.24. The zero-order valence-electron chi connectivity index (χ0n) is 10.2. The monoisotopic (exact) mass is 267 g/mol. The molecule has 0 aromatic carbocycles. The van der Waals surface area contributed by atoms with Crippen LogP contribution in [0.25, 0.3) is 5.65 Å². The number of halogens is 1. The molecule has 0 aliphatic rings. The van der Waals surface area contributed by atoms with Gasteiger partial charge in [0.1, 0.15) is 5.82 Å². The molecule has 0 fully saturated rings. The van der Waals surface area contributed by atoms with Crippen LogP contribution < -0.4 is 0 Å². The maximum atomic E-state index is 11.0. The van der Waals surface area contributed by atoms with Crippen molar-refractivity contribution in [3.63, 3.8) is 0 Å². The number of fused-ring (bicyclic) bond motifs is 1. The molecule has 0 saturated heterocycles. The molecule has 1 N–H and O–H groups in total. The molecule has 2 aromatic heterocycles. The van der Waals surface area contributed by atoms with Crippen LogP contribution in [-0.2, 0) is 0 Å². The lowest BCUT2D eigenvalue weighted by atomic mass is 10.1. The number of nitrogens with zero attached hydrogens (tertiary/aromatic N) is 3. The molecule has 6 heteroatoms. The van der Waals surface area contributed by atoms with E-state index in [2.05, 4.69) is 17.1 Å². The van der Waals surface area contributed by atoms with Crippen LogP contribution >= 0.6 is 11.6 Å². The van der Waals surface area contributed by atoms with Crippen LogP contribution in [0, 0.1) is 0 Å². The van der Waals surface area contributed by atoms with Crippen LogP contribution in [0.4, 0.5) is 0 Å². The third kappa shape index (κ3) is 2.18. The highest BCUT2D eigenvalue weighted by Gasteiger charge is 2.16. The first-order valence-corrected chi connectivity index (χ1v) is 6.19. The molecular weight excluding hydrogens is 254 g/mol. The summed E-state index contributed by atoms with van der Waals surface area (Å²) in [6.07, 6.45) is 3.52. The fourth-order valence-corrected chi connectivity index (χ4v) is 2.23. The summed E-state index contributed by atoms with van der Waals surface area (Å²) in [4.78, 5) is 11.0. The maximum absolute atomic E-state index is 11.0. The average Bonchev–Trinajstić information content (AvgIpc) is 2.73. The quantitative estimate of drug-likeness (QED) is 0.925. The Labute approximate surface area is 109 Å². The van der Waals surface area contributed by atoms with E-state index >= 15 is 0 Å². The van der Waals surface area contributed by atoms with Crippen LogP contribution in [0.15, 0.2) is 12.3 Å². The summed E-state index contributed by atoms with van der Waals surface area (Å²) in [5, 5.41) is 17.5. The van der Waals surface area contributed by atoms with Gasteiger partial charge < -0.3 is 5.11 Å². The number of hydrogen-bond donors (Lipinski definition) is 1. The van der Waals surface area contributed by atoms with Crippen molar-refractivity contribution in [2.24, 2.45) is 0 Å². The van der Waals surface area contributed by atoms with Crippen molar-refractivity contribution in [1.29, 1.82) is 0 Å². The zero-order chi connectivity index (χ0) is 13.3. The number of aromatic nitrogens is 3. The minimum Gasteiger partial charge on any atom is -0.478 e. The van der Waals surface area contributed by atoms with Gasteiger partial charge >= 0.3 is 5.97 Å². The molecule has 1 atom stereocenters. The molecule has 2 rings (SSSR count). The predicted octanol–water partition coefficient (Wildman–Crippen LogP) is 2.98. The van der Waals surface area contributed by atoms with Crippen LogP contribution in [-0.4, -0.2) is 25.7 Å². The summed E-state index contributed by atoms with van der Waals surface area (Å²) in [7, 11) is 0. The predicted molar refractivity (Wildman–Crippen MR) is 68.3 cm³/mol. The Morgan fingerprint density at radius 3 is 2.89 bits per heavy atom. The van der Waals surface area contributed by atoms with Gasteiger partial charge in [-0.15, -0.1) is 10.2 Å². The van der Waals surface area contributed by atoms with E-state index in [-0.39, 0.29) is 11.5 Å². The lowest BCUT2D eigenvalue weighted by molar-refractivity contribution is 0.0696. The molecule has 0 amide bonds. The highest BCUT2D eigenvalue weighted by molar-refractivity contribution is 6.33. The largest absolute Gasteiger partial charge is 0.478 e. The number of rotatable bonds is 4. The van der Waals surface area contributed by atoms with E-state index in [1.54, 1.807) is 4.40 Å². The zero-order valence-corrected chi connectivity index (χ0v) is 11.0. The number of carboxylic acid groups (broad SMARTS) is 1. The number of carbonyl (C=O) groups is 1. The van der Waals surface area contributed by atoms with Gasteiger partial charge in [0.05, 0.1) is 10.6 Å². The molecule has 5 nitrogen and oxygen atoms in total. The van der Waals surface area contributed by atoms with Gasteiger partial charge in [0.2, 0.25) is 0 Å². The van der Waals surface area contributed by atoms with Crippen molar-refractivity contribution in [3.05, 3.63) is 28.7 Å². The van der Waals surface area contributed by atoms with E-state index in [0.717, 1.165) is 18.7 Å². The highest BCUT2D eigenvalue weighted by atomic mass is 35.5. The Balaban J connectivity index is 2.59. The Bertz CT molecular complexity index is 594. The molecule has 0 saturated carbocycles. The molecular formula is C12H14ClN3O2. The normalized spacial score (nSPS) is 12.8. The Morgan fingerprint density at radius 2 is 2.28 bits per heavy atom. The van der Waals surface area contributed by atoms with E-state index in [4.69, 9.17) is 16.7 Å². The lowest BCUT2D eigenvalue weighted by Gasteiger charge is -2.08. The summed E-state index contributed by atoms with van der Waals surface area (Å²) in [5.41, 5.74) is 0.636. The third-order valence-corrected chi connectivity index (χ3v) is 3.17. The van der Waals surface area contributed by atoms with Gasteiger partial charge in [-0.05, 0) is 12.5 Å². The number of aromatic carboxylic acids is 1. The number of carboxylic acids is 1. The third-order valence-electron chi connectivity index (χ3n) is 2.90. The van der Waals surface area contributed by atoms with Gasteiger partial charge in [-0.3, -0.25) is 4.40 Å². The lowest BCUT2D eigenvalue weighted by Crippen LogP contribution is -2.04. The molecule has 0 bridgehead atoms. The van der Waals surface area contributed by atoms with Gasteiger partial charge in [0.15, 0.2) is 5.65 Å². The summed E-state index contributed by atoms with van der Waals surface area (Å²) < 4.78 is 1.67. The molecule has 96 valence electrons. The van der Waals surface area contributed by atoms with Gasteiger partial charge in [-0.25, -0.2) is 4.79 Å².